The van der Waals surface area contributed by atoms with Crippen molar-refractivity contribution in [3.05, 3.63) is 57.6 Å². The lowest BCUT2D eigenvalue weighted by Gasteiger charge is -2.42. The minimum Gasteiger partial charge on any atom is -0.465 e. The molecule has 0 saturated carbocycles. The molecule has 2 aliphatic carbocycles. The summed E-state index contributed by atoms with van der Waals surface area (Å²) in [6, 6.07) is 1.27. The van der Waals surface area contributed by atoms with Gasteiger partial charge in [-0.05, 0) is 34.6 Å². The SMILES string of the molecule is CC1(C)CC(=O)C2=C(C1)OC1=C(C(=O)CC(C)(C)C1)C2c1cc(C(F)(F)F)cc(C(F)(F)F)c1. The summed E-state index contributed by atoms with van der Waals surface area (Å²) >= 11 is 0. The highest BCUT2D eigenvalue weighted by molar-refractivity contribution is 6.06. The summed E-state index contributed by atoms with van der Waals surface area (Å²) in [6.45, 7) is 7.33. The van der Waals surface area contributed by atoms with Crippen LogP contribution in [0.25, 0.3) is 0 Å². The Balaban J connectivity index is 2.01. The van der Waals surface area contributed by atoms with Crippen LogP contribution < -0.4 is 0 Å². The van der Waals surface area contributed by atoms with Gasteiger partial charge in [0.15, 0.2) is 11.6 Å². The lowest BCUT2D eigenvalue weighted by Crippen LogP contribution is -2.37. The maximum absolute atomic E-state index is 13.6. The van der Waals surface area contributed by atoms with Gasteiger partial charge < -0.3 is 4.74 Å². The number of rotatable bonds is 1. The van der Waals surface area contributed by atoms with Crippen LogP contribution in [0.15, 0.2) is 40.9 Å². The molecule has 4 rings (SSSR count). The Hall–Kier alpha value is -2.58. The van der Waals surface area contributed by atoms with Gasteiger partial charge in [0.1, 0.15) is 11.5 Å². The van der Waals surface area contributed by atoms with Crippen LogP contribution in [-0.2, 0) is 26.7 Å². The molecular weight excluding hydrogens is 462 g/mol. The molecule has 0 aromatic heterocycles. The van der Waals surface area contributed by atoms with Crippen molar-refractivity contribution in [2.75, 3.05) is 0 Å². The number of Topliss-reactive ketones (excluding diaryl/α,β-unsaturated/α-hetero) is 2. The zero-order valence-electron chi connectivity index (χ0n) is 19.1. The first kappa shape index (κ1) is 24.5. The Kier molecular flexibility index (Phi) is 5.38. The fourth-order valence-electron chi connectivity index (χ4n) is 5.15. The molecule has 1 aliphatic heterocycles. The molecule has 3 aliphatic rings. The van der Waals surface area contributed by atoms with Gasteiger partial charge in [0.2, 0.25) is 0 Å². The molecular formula is C25H24F6O3. The minimum absolute atomic E-state index is 0.0152. The number of ether oxygens (including phenoxy) is 1. The zero-order valence-corrected chi connectivity index (χ0v) is 19.1. The van der Waals surface area contributed by atoms with E-state index in [-0.39, 0.29) is 60.0 Å². The number of halogens is 6. The van der Waals surface area contributed by atoms with Crippen LogP contribution in [0.3, 0.4) is 0 Å². The maximum Gasteiger partial charge on any atom is 0.416 e. The highest BCUT2D eigenvalue weighted by Gasteiger charge is 2.49. The molecule has 0 spiro atoms. The van der Waals surface area contributed by atoms with E-state index in [1.165, 1.54) is 0 Å². The summed E-state index contributed by atoms with van der Waals surface area (Å²) < 4.78 is 87.5. The zero-order chi connectivity index (χ0) is 25.4. The predicted molar refractivity (Wildman–Crippen MR) is 110 cm³/mol. The van der Waals surface area contributed by atoms with Crippen LogP contribution >= 0.6 is 0 Å². The Morgan fingerprint density at radius 3 is 1.44 bits per heavy atom. The number of alkyl halides is 6. The molecule has 0 radical (unpaired) electrons. The van der Waals surface area contributed by atoms with E-state index < -0.39 is 51.8 Å². The van der Waals surface area contributed by atoms with Crippen molar-refractivity contribution in [3.63, 3.8) is 0 Å². The van der Waals surface area contributed by atoms with Gasteiger partial charge in [0.25, 0.3) is 0 Å². The Morgan fingerprint density at radius 2 is 1.09 bits per heavy atom. The fourth-order valence-corrected chi connectivity index (χ4v) is 5.15. The largest absolute Gasteiger partial charge is 0.465 e. The monoisotopic (exact) mass is 486 g/mol. The van der Waals surface area contributed by atoms with Gasteiger partial charge in [-0.15, -0.1) is 0 Å². The van der Waals surface area contributed by atoms with Gasteiger partial charge in [-0.25, -0.2) is 0 Å². The van der Waals surface area contributed by atoms with Crippen molar-refractivity contribution in [3.8, 4) is 0 Å². The first-order valence-electron chi connectivity index (χ1n) is 10.9. The van der Waals surface area contributed by atoms with E-state index in [0.717, 1.165) is 0 Å². The Morgan fingerprint density at radius 1 is 0.706 bits per heavy atom. The molecule has 1 aromatic rings. The van der Waals surface area contributed by atoms with Crippen LogP contribution in [0.2, 0.25) is 0 Å². The topological polar surface area (TPSA) is 43.4 Å². The summed E-state index contributed by atoms with van der Waals surface area (Å²) in [5.41, 5.74) is -4.39. The molecule has 0 atom stereocenters. The molecule has 0 fully saturated rings. The van der Waals surface area contributed by atoms with E-state index in [0.29, 0.717) is 12.1 Å². The van der Waals surface area contributed by atoms with Crippen molar-refractivity contribution in [2.45, 2.75) is 71.6 Å². The van der Waals surface area contributed by atoms with Crippen molar-refractivity contribution in [1.82, 2.24) is 0 Å². The second kappa shape index (κ2) is 7.46. The first-order chi connectivity index (χ1) is 15.4. The highest BCUT2D eigenvalue weighted by Crippen LogP contribution is 2.54. The van der Waals surface area contributed by atoms with E-state index in [9.17, 15) is 35.9 Å². The third kappa shape index (κ3) is 4.41. The van der Waals surface area contributed by atoms with E-state index >= 15 is 0 Å². The van der Waals surface area contributed by atoms with Crippen molar-refractivity contribution in [2.24, 2.45) is 10.8 Å². The number of carbonyl (C=O) groups excluding carboxylic acids is 2. The third-order valence-corrected chi connectivity index (χ3v) is 6.53. The van der Waals surface area contributed by atoms with Crippen molar-refractivity contribution in [1.29, 1.82) is 0 Å². The summed E-state index contributed by atoms with van der Waals surface area (Å²) in [7, 11) is 0. The molecule has 34 heavy (non-hydrogen) atoms. The highest BCUT2D eigenvalue weighted by atomic mass is 19.4. The van der Waals surface area contributed by atoms with E-state index in [1.807, 2.05) is 27.7 Å². The van der Waals surface area contributed by atoms with E-state index in [1.54, 1.807) is 0 Å². The van der Waals surface area contributed by atoms with E-state index in [2.05, 4.69) is 0 Å². The van der Waals surface area contributed by atoms with Gasteiger partial charge in [0, 0.05) is 42.7 Å². The quantitative estimate of drug-likeness (QED) is 0.397. The normalized spacial score (nSPS) is 23.0. The molecule has 0 amide bonds. The second-order valence-electron chi connectivity index (χ2n) is 10.9. The van der Waals surface area contributed by atoms with E-state index in [4.69, 9.17) is 4.74 Å². The lowest BCUT2D eigenvalue weighted by molar-refractivity contribution is -0.143. The summed E-state index contributed by atoms with van der Waals surface area (Å²) in [4.78, 5) is 26.4. The predicted octanol–water partition coefficient (Wildman–Crippen LogP) is 7.12. The van der Waals surface area contributed by atoms with Crippen LogP contribution in [0.1, 0.15) is 76.0 Å². The van der Waals surface area contributed by atoms with Crippen LogP contribution in [0, 0.1) is 10.8 Å². The minimum atomic E-state index is -5.05. The molecule has 0 N–H and O–H groups in total. The number of benzene rings is 1. The molecule has 3 nitrogen and oxygen atoms in total. The number of hydrogen-bond acceptors (Lipinski definition) is 3. The Bertz CT molecular complexity index is 1060. The van der Waals surface area contributed by atoms with Crippen molar-refractivity contribution < 1.29 is 40.7 Å². The molecule has 0 unspecified atom stereocenters. The molecule has 0 saturated heterocycles. The number of carbonyl (C=O) groups is 2. The fraction of sp³-hybridized carbons (Fsp3) is 0.520. The van der Waals surface area contributed by atoms with Gasteiger partial charge in [-0.2, -0.15) is 26.3 Å². The van der Waals surface area contributed by atoms with Gasteiger partial charge in [0.05, 0.1) is 11.1 Å². The number of hydrogen-bond donors (Lipinski definition) is 0. The van der Waals surface area contributed by atoms with Crippen LogP contribution in [-0.4, -0.2) is 11.6 Å². The van der Waals surface area contributed by atoms with Crippen molar-refractivity contribution >= 4 is 11.6 Å². The summed E-state index contributed by atoms with van der Waals surface area (Å²) in [5, 5.41) is 0. The molecule has 9 heteroatoms. The average molecular weight is 486 g/mol. The Labute approximate surface area is 192 Å². The smallest absolute Gasteiger partial charge is 0.416 e. The standard InChI is InChI=1S/C25H24F6O3/c1-22(2)8-15(32)20-17(10-22)34-18-11-23(3,4)9-16(33)21(18)19(20)12-5-13(24(26,27)28)7-14(6-12)25(29,30)31/h5-7,19H,8-11H2,1-4H3. The lowest BCUT2D eigenvalue weighted by atomic mass is 9.65. The van der Waals surface area contributed by atoms with Gasteiger partial charge in [-0.1, -0.05) is 27.7 Å². The first-order valence-corrected chi connectivity index (χ1v) is 10.9. The number of allylic oxidation sites excluding steroid dienone is 4. The number of ketones is 2. The maximum atomic E-state index is 13.6. The van der Waals surface area contributed by atoms with Gasteiger partial charge in [-0.3, -0.25) is 9.59 Å². The average Bonchev–Trinajstić information content (AvgIpc) is 2.62. The van der Waals surface area contributed by atoms with Gasteiger partial charge >= 0.3 is 12.4 Å². The molecule has 0 bridgehead atoms. The van der Waals surface area contributed by atoms with Crippen LogP contribution in [0.4, 0.5) is 26.3 Å². The van der Waals surface area contributed by atoms with Crippen LogP contribution in [0.5, 0.6) is 0 Å². The molecule has 1 aromatic carbocycles. The summed E-state index contributed by atoms with van der Waals surface area (Å²) in [5.74, 6) is -1.77. The molecule has 1 heterocycles. The molecule has 184 valence electrons. The summed E-state index contributed by atoms with van der Waals surface area (Å²) in [6.07, 6.45) is -9.46. The second-order valence-corrected chi connectivity index (χ2v) is 10.9. The third-order valence-electron chi connectivity index (χ3n) is 6.53.